The number of nitrogens with zero attached hydrogens (tertiary/aromatic N) is 1. The molecule has 190 valence electrons. The molecule has 1 aliphatic rings. The smallest absolute Gasteiger partial charge is 0.306 e. The van der Waals surface area contributed by atoms with Crippen molar-refractivity contribution in [2.24, 2.45) is 0 Å². The van der Waals surface area contributed by atoms with Crippen molar-refractivity contribution in [3.8, 4) is 0 Å². The molecule has 2 aromatic rings. The van der Waals surface area contributed by atoms with Gasteiger partial charge in [-0.1, -0.05) is 94.0 Å². The number of hydrogen-bond acceptors (Lipinski definition) is 4. The molecular formula is C31H43NO2S. The van der Waals surface area contributed by atoms with Crippen LogP contribution in [0.3, 0.4) is 0 Å². The number of carbonyl (C=O) groups is 1. The lowest BCUT2D eigenvalue weighted by atomic mass is 9.93. The molecule has 1 atom stereocenters. The van der Waals surface area contributed by atoms with Gasteiger partial charge in [0.2, 0.25) is 0 Å². The zero-order chi connectivity index (χ0) is 24.9. The number of esters is 1. The SMILES string of the molecule is CCCCCCCCCC(=O)O[C@H](C)CN(C)CC/C=C1/c2ccccc2CSc2ccccc21. The minimum atomic E-state index is -0.0829. The highest BCUT2D eigenvalue weighted by atomic mass is 32.2. The molecule has 0 amide bonds. The molecule has 0 aliphatic carbocycles. The summed E-state index contributed by atoms with van der Waals surface area (Å²) in [5, 5.41) is 0. The fourth-order valence-electron chi connectivity index (χ4n) is 4.75. The maximum atomic E-state index is 12.2. The maximum absolute atomic E-state index is 12.2. The van der Waals surface area contributed by atoms with Crippen molar-refractivity contribution in [1.29, 1.82) is 0 Å². The molecular weight excluding hydrogens is 450 g/mol. The number of fused-ring (bicyclic) bond motifs is 2. The third kappa shape index (κ3) is 9.16. The summed E-state index contributed by atoms with van der Waals surface area (Å²) in [6.07, 6.45) is 12.3. The number of thioether (sulfide) groups is 1. The normalized spacial score (nSPS) is 14.9. The molecule has 0 saturated carbocycles. The Labute approximate surface area is 217 Å². The molecule has 2 aromatic carbocycles. The maximum Gasteiger partial charge on any atom is 0.306 e. The highest BCUT2D eigenvalue weighted by Crippen LogP contribution is 2.40. The first kappa shape index (κ1) is 27.5. The van der Waals surface area contributed by atoms with Crippen molar-refractivity contribution in [2.45, 2.75) is 88.4 Å². The van der Waals surface area contributed by atoms with Gasteiger partial charge in [0.25, 0.3) is 0 Å². The largest absolute Gasteiger partial charge is 0.461 e. The van der Waals surface area contributed by atoms with Crippen molar-refractivity contribution in [2.75, 3.05) is 20.1 Å². The van der Waals surface area contributed by atoms with E-state index in [0.29, 0.717) is 6.42 Å². The van der Waals surface area contributed by atoms with Crippen LogP contribution in [0.25, 0.3) is 5.57 Å². The van der Waals surface area contributed by atoms with E-state index in [2.05, 4.69) is 73.5 Å². The molecule has 35 heavy (non-hydrogen) atoms. The van der Waals surface area contributed by atoms with Crippen LogP contribution in [0.5, 0.6) is 0 Å². The van der Waals surface area contributed by atoms with E-state index in [1.807, 2.05) is 18.7 Å². The minimum Gasteiger partial charge on any atom is -0.461 e. The van der Waals surface area contributed by atoms with Crippen molar-refractivity contribution < 1.29 is 9.53 Å². The number of ether oxygens (including phenoxy) is 1. The molecule has 0 aromatic heterocycles. The van der Waals surface area contributed by atoms with Gasteiger partial charge in [0, 0.05) is 30.2 Å². The number of benzene rings is 2. The predicted molar refractivity (Wildman–Crippen MR) is 150 cm³/mol. The Balaban J connectivity index is 1.45. The Morgan fingerprint density at radius 2 is 1.69 bits per heavy atom. The monoisotopic (exact) mass is 493 g/mol. The van der Waals surface area contributed by atoms with Crippen LogP contribution in [-0.2, 0) is 15.3 Å². The van der Waals surface area contributed by atoms with Gasteiger partial charge in [-0.2, -0.15) is 0 Å². The van der Waals surface area contributed by atoms with E-state index in [1.54, 1.807) is 0 Å². The van der Waals surface area contributed by atoms with Gasteiger partial charge in [-0.25, -0.2) is 0 Å². The van der Waals surface area contributed by atoms with Crippen LogP contribution >= 0.6 is 11.8 Å². The number of rotatable bonds is 14. The third-order valence-corrected chi connectivity index (χ3v) is 7.74. The topological polar surface area (TPSA) is 29.5 Å². The molecule has 0 fully saturated rings. The summed E-state index contributed by atoms with van der Waals surface area (Å²) in [4.78, 5) is 15.8. The number of unbranched alkanes of at least 4 members (excludes halogenated alkanes) is 6. The minimum absolute atomic E-state index is 0.0502. The summed E-state index contributed by atoms with van der Waals surface area (Å²) in [5.74, 6) is 0.956. The number of hydrogen-bond donors (Lipinski definition) is 0. The molecule has 0 radical (unpaired) electrons. The first-order valence-electron chi connectivity index (χ1n) is 13.5. The molecule has 4 heteroatoms. The Morgan fingerprint density at radius 1 is 1.00 bits per heavy atom. The zero-order valence-electron chi connectivity index (χ0n) is 21.9. The first-order valence-corrected chi connectivity index (χ1v) is 14.5. The zero-order valence-corrected chi connectivity index (χ0v) is 22.7. The molecule has 0 bridgehead atoms. The van der Waals surface area contributed by atoms with Crippen LogP contribution in [0.15, 0.2) is 59.5 Å². The highest BCUT2D eigenvalue weighted by molar-refractivity contribution is 7.98. The molecule has 3 nitrogen and oxygen atoms in total. The molecule has 0 spiro atoms. The van der Waals surface area contributed by atoms with E-state index in [1.165, 1.54) is 59.3 Å². The van der Waals surface area contributed by atoms with Crippen LogP contribution in [0.2, 0.25) is 0 Å². The predicted octanol–water partition coefficient (Wildman–Crippen LogP) is 8.12. The van der Waals surface area contributed by atoms with Gasteiger partial charge >= 0.3 is 5.97 Å². The summed E-state index contributed by atoms with van der Waals surface area (Å²) < 4.78 is 5.67. The van der Waals surface area contributed by atoms with Gasteiger partial charge in [-0.05, 0) is 55.1 Å². The van der Waals surface area contributed by atoms with Gasteiger partial charge in [0.1, 0.15) is 6.10 Å². The second-order valence-corrected chi connectivity index (χ2v) is 10.8. The molecule has 0 N–H and O–H groups in total. The Bertz CT molecular complexity index is 905. The summed E-state index contributed by atoms with van der Waals surface area (Å²) in [6, 6.07) is 17.5. The van der Waals surface area contributed by atoms with Gasteiger partial charge < -0.3 is 9.64 Å². The fraction of sp³-hybridized carbons (Fsp3) is 0.516. The second-order valence-electron chi connectivity index (χ2n) is 9.78. The van der Waals surface area contributed by atoms with E-state index >= 15 is 0 Å². The van der Waals surface area contributed by atoms with E-state index < -0.39 is 0 Å². The van der Waals surface area contributed by atoms with E-state index in [-0.39, 0.29) is 12.1 Å². The lowest BCUT2D eigenvalue weighted by Crippen LogP contribution is -2.31. The molecule has 1 heterocycles. The lowest BCUT2D eigenvalue weighted by Gasteiger charge is -2.21. The summed E-state index contributed by atoms with van der Waals surface area (Å²) in [5.41, 5.74) is 5.41. The van der Waals surface area contributed by atoms with Crippen LogP contribution < -0.4 is 0 Å². The first-order chi connectivity index (χ1) is 17.1. The van der Waals surface area contributed by atoms with Crippen LogP contribution in [0.4, 0.5) is 0 Å². The van der Waals surface area contributed by atoms with E-state index in [0.717, 1.165) is 38.1 Å². The van der Waals surface area contributed by atoms with Crippen molar-refractivity contribution in [3.63, 3.8) is 0 Å². The average molecular weight is 494 g/mol. The van der Waals surface area contributed by atoms with Gasteiger partial charge in [-0.15, -0.1) is 11.8 Å². The molecule has 0 saturated heterocycles. The Kier molecular flexibility index (Phi) is 11.9. The second kappa shape index (κ2) is 15.2. The quantitative estimate of drug-likeness (QED) is 0.196. The summed E-state index contributed by atoms with van der Waals surface area (Å²) in [6.45, 7) is 5.93. The summed E-state index contributed by atoms with van der Waals surface area (Å²) >= 11 is 1.92. The number of likely N-dealkylation sites (N-methyl/N-ethyl adjacent to an activating group) is 1. The van der Waals surface area contributed by atoms with Gasteiger partial charge in [0.15, 0.2) is 0 Å². The molecule has 3 rings (SSSR count). The molecule has 1 aliphatic heterocycles. The fourth-order valence-corrected chi connectivity index (χ4v) is 5.82. The van der Waals surface area contributed by atoms with Crippen LogP contribution in [0, 0.1) is 0 Å². The average Bonchev–Trinajstić information content (AvgIpc) is 3.00. The number of carbonyl (C=O) groups excluding carboxylic acids is 1. The van der Waals surface area contributed by atoms with E-state index in [4.69, 9.17) is 4.74 Å². The highest BCUT2D eigenvalue weighted by Gasteiger charge is 2.18. The van der Waals surface area contributed by atoms with Crippen LogP contribution in [0.1, 0.15) is 88.3 Å². The molecule has 0 unspecified atom stereocenters. The van der Waals surface area contributed by atoms with E-state index in [9.17, 15) is 4.79 Å². The van der Waals surface area contributed by atoms with Gasteiger partial charge in [-0.3, -0.25) is 4.79 Å². The van der Waals surface area contributed by atoms with Crippen LogP contribution in [-0.4, -0.2) is 37.1 Å². The van der Waals surface area contributed by atoms with Crippen molar-refractivity contribution in [1.82, 2.24) is 4.90 Å². The third-order valence-electron chi connectivity index (χ3n) is 6.61. The van der Waals surface area contributed by atoms with Gasteiger partial charge in [0.05, 0.1) is 0 Å². The van der Waals surface area contributed by atoms with Crippen molar-refractivity contribution in [3.05, 3.63) is 71.3 Å². The Hall–Kier alpha value is -2.04. The Morgan fingerprint density at radius 3 is 2.49 bits per heavy atom. The van der Waals surface area contributed by atoms with Crippen molar-refractivity contribution >= 4 is 23.3 Å². The lowest BCUT2D eigenvalue weighted by molar-refractivity contribution is -0.149. The summed E-state index contributed by atoms with van der Waals surface area (Å²) in [7, 11) is 2.12. The standard InChI is InChI=1S/C31H43NO2S/c1-4-5-6-7-8-9-10-21-31(33)34-25(2)23-32(3)22-15-19-28-27-17-12-11-16-26(27)24-35-30-20-14-13-18-29(28)30/h11-14,16-20,25H,4-10,15,21-24H2,1-3H3/b28-19-/t25-/m1/s1.